The Morgan fingerprint density at radius 1 is 1.83 bits per heavy atom. The molecule has 0 fully saturated rings. The van der Waals surface area contributed by atoms with Crippen LogP contribution in [0, 0.1) is 0 Å². The highest BCUT2D eigenvalue weighted by molar-refractivity contribution is 9.09. The maximum absolute atomic E-state index is 9.32. The van der Waals surface area contributed by atoms with Crippen LogP contribution in [0.4, 0.5) is 0 Å². The van der Waals surface area contributed by atoms with E-state index in [0.29, 0.717) is 0 Å². The molecule has 6 heavy (non-hydrogen) atoms. The van der Waals surface area contributed by atoms with E-state index in [2.05, 4.69) is 15.9 Å². The minimum absolute atomic E-state index is 0. The van der Waals surface area contributed by atoms with Gasteiger partial charge in [-0.05, 0) is 0 Å². The molecule has 0 rings (SSSR count). The molecule has 0 saturated carbocycles. The monoisotopic (exact) mass is 218 g/mol. The standard InChI is InChI=1S/C2H3BrO2.BrH/c3-1-2(4)5;/h1H2,(H,4,5);1H. The van der Waals surface area contributed by atoms with Crippen molar-refractivity contribution in [3.8, 4) is 0 Å². The highest BCUT2D eigenvalue weighted by atomic mass is 79.9. The first-order valence-corrected chi connectivity index (χ1v) is 2.17. The number of carbonyl (C=O) groups is 1. The van der Waals surface area contributed by atoms with Crippen molar-refractivity contribution in [1.82, 2.24) is 0 Å². The van der Waals surface area contributed by atoms with Gasteiger partial charge in [-0.3, -0.25) is 4.79 Å². The van der Waals surface area contributed by atoms with Gasteiger partial charge in [-0.15, -0.1) is 17.0 Å². The van der Waals surface area contributed by atoms with E-state index >= 15 is 0 Å². The molecule has 0 saturated heterocycles. The smallest absolute Gasteiger partial charge is 0.314 e. The molecule has 0 aliphatic heterocycles. The van der Waals surface area contributed by atoms with E-state index in [0.717, 1.165) is 0 Å². The molecular formula is C2H4Br2O2. The van der Waals surface area contributed by atoms with Gasteiger partial charge in [0.25, 0.3) is 0 Å². The van der Waals surface area contributed by atoms with Crippen molar-refractivity contribution in [3.05, 3.63) is 0 Å². The van der Waals surface area contributed by atoms with Gasteiger partial charge in [-0.2, -0.15) is 0 Å². The minimum atomic E-state index is -0.829. The Hall–Kier alpha value is 0.430. The molecule has 38 valence electrons. The highest BCUT2D eigenvalue weighted by Crippen LogP contribution is 1.73. The van der Waals surface area contributed by atoms with Crippen molar-refractivity contribution in [2.45, 2.75) is 0 Å². The van der Waals surface area contributed by atoms with Crippen LogP contribution in [0.25, 0.3) is 0 Å². The van der Waals surface area contributed by atoms with Gasteiger partial charge in [-0.25, -0.2) is 0 Å². The Labute approximate surface area is 54.4 Å². The number of alkyl halides is 1. The summed E-state index contributed by atoms with van der Waals surface area (Å²) >= 11 is 2.71. The summed E-state index contributed by atoms with van der Waals surface area (Å²) in [4.78, 5) is 9.32. The molecule has 0 aliphatic carbocycles. The first-order chi connectivity index (χ1) is 2.27. The highest BCUT2D eigenvalue weighted by Gasteiger charge is 1.83. The maximum atomic E-state index is 9.32. The molecule has 0 aliphatic rings. The van der Waals surface area contributed by atoms with Gasteiger partial charge in [0.1, 0.15) is 5.33 Å². The van der Waals surface area contributed by atoms with Gasteiger partial charge in [0.15, 0.2) is 0 Å². The molecule has 0 radical (unpaired) electrons. The summed E-state index contributed by atoms with van der Waals surface area (Å²) in [6.07, 6.45) is 0. The van der Waals surface area contributed by atoms with E-state index in [1.165, 1.54) is 0 Å². The molecule has 0 unspecified atom stereocenters. The quantitative estimate of drug-likeness (QED) is 0.670. The summed E-state index contributed by atoms with van der Waals surface area (Å²) < 4.78 is 0. The summed E-state index contributed by atoms with van der Waals surface area (Å²) in [7, 11) is 0. The lowest BCUT2D eigenvalue weighted by atomic mass is 10.8. The summed E-state index contributed by atoms with van der Waals surface area (Å²) in [6.45, 7) is 0. The fraction of sp³-hybridized carbons (Fsp3) is 0.500. The average molecular weight is 220 g/mol. The summed E-state index contributed by atoms with van der Waals surface area (Å²) in [5, 5.41) is 7.71. The molecule has 0 atom stereocenters. The SMILES string of the molecule is Br.O=C(O)CBr. The molecule has 0 aromatic carbocycles. The van der Waals surface area contributed by atoms with Crippen molar-refractivity contribution in [1.29, 1.82) is 0 Å². The third-order valence-corrected chi connectivity index (χ3v) is 0.594. The number of halogens is 2. The van der Waals surface area contributed by atoms with Crippen LogP contribution >= 0.6 is 32.9 Å². The zero-order valence-electron chi connectivity index (χ0n) is 2.85. The summed E-state index contributed by atoms with van der Waals surface area (Å²) in [5.41, 5.74) is 0. The third kappa shape index (κ3) is 8.83. The van der Waals surface area contributed by atoms with E-state index in [9.17, 15) is 4.79 Å². The largest absolute Gasteiger partial charge is 0.481 e. The Kier molecular flexibility index (Phi) is 8.74. The van der Waals surface area contributed by atoms with E-state index in [1.807, 2.05) is 0 Å². The van der Waals surface area contributed by atoms with Crippen LogP contribution in [0.15, 0.2) is 0 Å². The van der Waals surface area contributed by atoms with Crippen molar-refractivity contribution in [2.75, 3.05) is 5.33 Å². The van der Waals surface area contributed by atoms with Crippen LogP contribution in [0.5, 0.6) is 0 Å². The zero-order valence-corrected chi connectivity index (χ0v) is 6.15. The Bertz CT molecular complexity index is 44.8. The average Bonchev–Trinajstić information content (AvgIpc) is 1.38. The van der Waals surface area contributed by atoms with Crippen molar-refractivity contribution in [3.63, 3.8) is 0 Å². The zero-order chi connectivity index (χ0) is 4.28. The van der Waals surface area contributed by atoms with Crippen LogP contribution in [-0.4, -0.2) is 16.4 Å². The molecule has 0 spiro atoms. The number of carboxylic acids is 1. The predicted octanol–water partition coefficient (Wildman–Crippen LogP) is 1.04. The van der Waals surface area contributed by atoms with Gasteiger partial charge in [0.05, 0.1) is 0 Å². The van der Waals surface area contributed by atoms with E-state index in [1.54, 1.807) is 0 Å². The predicted molar refractivity (Wildman–Crippen MR) is 31.8 cm³/mol. The van der Waals surface area contributed by atoms with Crippen LogP contribution in [0.1, 0.15) is 0 Å². The van der Waals surface area contributed by atoms with E-state index in [-0.39, 0.29) is 22.3 Å². The maximum Gasteiger partial charge on any atom is 0.314 e. The van der Waals surface area contributed by atoms with Gasteiger partial charge < -0.3 is 5.11 Å². The molecule has 0 aromatic heterocycles. The molecule has 0 heterocycles. The fourth-order valence-electron chi connectivity index (χ4n) is 0. The lowest BCUT2D eigenvalue weighted by molar-refractivity contribution is -0.133. The molecule has 0 bridgehead atoms. The topological polar surface area (TPSA) is 37.3 Å². The van der Waals surface area contributed by atoms with Crippen molar-refractivity contribution < 1.29 is 9.90 Å². The molecule has 1 N–H and O–H groups in total. The van der Waals surface area contributed by atoms with Crippen LogP contribution in [0.3, 0.4) is 0 Å². The van der Waals surface area contributed by atoms with Crippen molar-refractivity contribution in [2.24, 2.45) is 0 Å². The lowest BCUT2D eigenvalue weighted by Crippen LogP contribution is -1.92. The second kappa shape index (κ2) is 5.43. The van der Waals surface area contributed by atoms with Crippen LogP contribution < -0.4 is 0 Å². The first-order valence-electron chi connectivity index (χ1n) is 1.05. The second-order valence-corrected chi connectivity index (χ2v) is 1.09. The molecule has 2 nitrogen and oxygen atoms in total. The van der Waals surface area contributed by atoms with Crippen LogP contribution in [0.2, 0.25) is 0 Å². The molecular weight excluding hydrogens is 216 g/mol. The Morgan fingerprint density at radius 2 is 2.00 bits per heavy atom. The lowest BCUT2D eigenvalue weighted by Gasteiger charge is -1.70. The number of hydrogen-bond donors (Lipinski definition) is 1. The molecule has 0 amide bonds. The van der Waals surface area contributed by atoms with E-state index < -0.39 is 5.97 Å². The number of aliphatic carboxylic acids is 1. The third-order valence-electron chi connectivity index (χ3n) is 0.114. The molecule has 0 aromatic rings. The Balaban J connectivity index is 0. The number of carboxylic acid groups (broad SMARTS) is 1. The fourth-order valence-corrected chi connectivity index (χ4v) is 0. The van der Waals surface area contributed by atoms with E-state index in [4.69, 9.17) is 5.11 Å². The normalized spacial score (nSPS) is 6.17. The van der Waals surface area contributed by atoms with Gasteiger partial charge >= 0.3 is 5.97 Å². The molecule has 4 heteroatoms. The summed E-state index contributed by atoms with van der Waals surface area (Å²) in [5.74, 6) is -0.829. The van der Waals surface area contributed by atoms with Gasteiger partial charge in [-0.1, -0.05) is 15.9 Å². The van der Waals surface area contributed by atoms with Gasteiger partial charge in [0, 0.05) is 0 Å². The number of hydrogen-bond acceptors (Lipinski definition) is 1. The van der Waals surface area contributed by atoms with Gasteiger partial charge in [0.2, 0.25) is 0 Å². The minimum Gasteiger partial charge on any atom is -0.481 e. The summed E-state index contributed by atoms with van der Waals surface area (Å²) in [6, 6.07) is 0. The number of rotatable bonds is 1. The second-order valence-electron chi connectivity index (χ2n) is 0.527. The van der Waals surface area contributed by atoms with Crippen LogP contribution in [-0.2, 0) is 4.79 Å². The first kappa shape index (κ1) is 9.66. The Morgan fingerprint density at radius 3 is 2.00 bits per heavy atom. The van der Waals surface area contributed by atoms with Crippen molar-refractivity contribution >= 4 is 38.9 Å².